The highest BCUT2D eigenvalue weighted by molar-refractivity contribution is 6.06. The number of hydrogen-bond acceptors (Lipinski definition) is 4. The lowest BCUT2D eigenvalue weighted by Gasteiger charge is -2.52. The summed E-state index contributed by atoms with van der Waals surface area (Å²) in [6.07, 6.45) is -27.7. The fraction of sp³-hybridized carbons (Fsp3) is 0.886. The van der Waals surface area contributed by atoms with E-state index in [1.165, 1.54) is 0 Å². The van der Waals surface area contributed by atoms with Gasteiger partial charge in [0, 0.05) is 13.1 Å². The van der Waals surface area contributed by atoms with Crippen molar-refractivity contribution in [3.63, 3.8) is 0 Å². The minimum absolute atomic E-state index is 0.0932. The summed E-state index contributed by atoms with van der Waals surface area (Å²) in [5.74, 6) is -21.2. The Bertz CT molecular complexity index is 1460. The quantitative estimate of drug-likeness (QED) is 0.212. The first-order valence-corrected chi connectivity index (χ1v) is 18.3. The van der Waals surface area contributed by atoms with E-state index < -0.39 is 170 Å². The second kappa shape index (κ2) is 13.3. The molecule has 6 nitrogen and oxygen atoms in total. The predicted molar refractivity (Wildman–Crippen MR) is 160 cm³/mol. The minimum atomic E-state index is -5.94. The molecule has 0 N–H and O–H groups in total. The Morgan fingerprint density at radius 3 is 1.40 bits per heavy atom. The zero-order valence-electron chi connectivity index (χ0n) is 29.0. The van der Waals surface area contributed by atoms with Crippen molar-refractivity contribution in [2.75, 3.05) is 7.05 Å². The maximum Gasteiger partial charge on any atom is 0.403 e. The van der Waals surface area contributed by atoms with Gasteiger partial charge >= 0.3 is 24.7 Å². The molecule has 2 aliphatic heterocycles. The Balaban J connectivity index is 1.26. The van der Waals surface area contributed by atoms with Crippen LogP contribution in [0.4, 0.5) is 52.7 Å². The van der Waals surface area contributed by atoms with Gasteiger partial charge in [0.15, 0.2) is 5.41 Å². The molecule has 2 saturated heterocycles. The van der Waals surface area contributed by atoms with E-state index in [0.717, 1.165) is 7.05 Å². The lowest BCUT2D eigenvalue weighted by molar-refractivity contribution is -0.383. The van der Waals surface area contributed by atoms with E-state index >= 15 is 26.3 Å². The number of carbonyl (C=O) groups excluding carboxylic acids is 4. The van der Waals surface area contributed by atoms with Crippen LogP contribution in [0.25, 0.3) is 0 Å². The molecular formula is C35H42F12N2O4. The Hall–Kier alpha value is -2.56. The normalized spacial score (nSPS) is 39.4. The SMILES string of the molecule is CC1CCC(C2CCC(N3C(=O)C4CCC(C(C5CCC6C(=O)N(C)C(=O)C6C5)(C(F)(F)F)C(F)(F)F)CC4C3=O)CC2C(F)(F)F)C(C(F)(F)F)C1. The Morgan fingerprint density at radius 1 is 0.491 bits per heavy atom. The second-order valence-corrected chi connectivity index (χ2v) is 16.6. The molecule has 0 bridgehead atoms. The van der Waals surface area contributed by atoms with Crippen molar-refractivity contribution in [3.8, 4) is 0 Å². The third-order valence-electron chi connectivity index (χ3n) is 14.1. The van der Waals surface area contributed by atoms with E-state index in [1.54, 1.807) is 6.92 Å². The molecule has 6 fully saturated rings. The first-order chi connectivity index (χ1) is 24.3. The molecule has 4 saturated carbocycles. The number of rotatable bonds is 4. The molecule has 12 unspecified atom stereocenters. The molecule has 2 heterocycles. The smallest absolute Gasteiger partial charge is 0.285 e. The van der Waals surface area contributed by atoms with Gasteiger partial charge in [0.1, 0.15) is 0 Å². The van der Waals surface area contributed by atoms with Gasteiger partial charge in [0.05, 0.1) is 35.5 Å². The topological polar surface area (TPSA) is 74.8 Å². The molecule has 6 rings (SSSR count). The summed E-state index contributed by atoms with van der Waals surface area (Å²) in [6.45, 7) is 1.59. The van der Waals surface area contributed by atoms with Gasteiger partial charge in [-0.05, 0) is 100 Å². The summed E-state index contributed by atoms with van der Waals surface area (Å²) in [7, 11) is 1.10. The third kappa shape index (κ3) is 6.44. The van der Waals surface area contributed by atoms with Gasteiger partial charge in [-0.2, -0.15) is 52.7 Å². The molecule has 0 radical (unpaired) electrons. The standard InChI is InChI=1S/C35H42F12N2O4/c1-15-3-7-19(25(11-15)32(36,37)38)20-10-6-18(14-26(20)33(39,40)41)49-29(52)22-9-5-17(13-24(22)30(49)53)31(34(42,43)44,35(45,46)47)16-4-8-21-23(12-16)28(51)48(2)27(21)50/h15-26H,3-14H2,1-2H3. The van der Waals surface area contributed by atoms with Gasteiger partial charge in [-0.1, -0.05) is 13.3 Å². The number of imide groups is 2. The van der Waals surface area contributed by atoms with Crippen LogP contribution in [0.1, 0.15) is 84.0 Å². The maximum absolute atomic E-state index is 15.2. The summed E-state index contributed by atoms with van der Waals surface area (Å²) in [4.78, 5) is 53.9. The van der Waals surface area contributed by atoms with Gasteiger partial charge < -0.3 is 0 Å². The molecule has 18 heteroatoms. The fourth-order valence-electron chi connectivity index (χ4n) is 11.7. The first-order valence-electron chi connectivity index (χ1n) is 18.3. The molecule has 6 aliphatic rings. The van der Waals surface area contributed by atoms with E-state index in [9.17, 15) is 45.5 Å². The number of alkyl halides is 12. The summed E-state index contributed by atoms with van der Waals surface area (Å²) in [5, 5.41) is 0. The average molecular weight is 783 g/mol. The van der Waals surface area contributed by atoms with Gasteiger partial charge in [-0.3, -0.25) is 29.0 Å². The van der Waals surface area contributed by atoms with Crippen molar-refractivity contribution in [2.45, 2.75) is 115 Å². The van der Waals surface area contributed by atoms with Crippen LogP contribution in [0.5, 0.6) is 0 Å². The Kier molecular flexibility index (Phi) is 10.1. The molecule has 0 spiro atoms. The van der Waals surface area contributed by atoms with Gasteiger partial charge in [-0.25, -0.2) is 0 Å². The third-order valence-corrected chi connectivity index (χ3v) is 14.1. The number of amides is 4. The molecule has 4 amide bonds. The molecule has 0 aromatic rings. The van der Waals surface area contributed by atoms with Crippen LogP contribution in [0.2, 0.25) is 0 Å². The zero-order chi connectivity index (χ0) is 39.4. The van der Waals surface area contributed by atoms with Crippen molar-refractivity contribution in [2.24, 2.45) is 70.5 Å². The van der Waals surface area contributed by atoms with Crippen molar-refractivity contribution < 1.29 is 71.9 Å². The van der Waals surface area contributed by atoms with Gasteiger partial charge in [0.2, 0.25) is 23.6 Å². The van der Waals surface area contributed by atoms with Crippen LogP contribution in [0.15, 0.2) is 0 Å². The maximum atomic E-state index is 15.2. The molecule has 53 heavy (non-hydrogen) atoms. The van der Waals surface area contributed by atoms with Crippen molar-refractivity contribution in [3.05, 3.63) is 0 Å². The molecule has 4 aliphatic carbocycles. The number of fused-ring (bicyclic) bond motifs is 2. The molecule has 0 aromatic heterocycles. The van der Waals surface area contributed by atoms with Crippen molar-refractivity contribution >= 4 is 23.6 Å². The monoisotopic (exact) mass is 782 g/mol. The van der Waals surface area contributed by atoms with E-state index in [0.29, 0.717) is 16.2 Å². The molecular weight excluding hydrogens is 740 g/mol. The predicted octanol–water partition coefficient (Wildman–Crippen LogP) is 8.49. The van der Waals surface area contributed by atoms with Crippen LogP contribution in [-0.2, 0) is 19.2 Å². The molecule has 0 aromatic carbocycles. The molecule has 300 valence electrons. The van der Waals surface area contributed by atoms with E-state index in [-0.39, 0.29) is 25.2 Å². The number of halogens is 12. The second-order valence-electron chi connectivity index (χ2n) is 16.6. The number of likely N-dealkylation sites (tertiary alicyclic amines) is 2. The Morgan fingerprint density at radius 2 is 0.906 bits per heavy atom. The summed E-state index contributed by atoms with van der Waals surface area (Å²) in [5.41, 5.74) is -4.41. The summed E-state index contributed by atoms with van der Waals surface area (Å²) < 4.78 is 177. The minimum Gasteiger partial charge on any atom is -0.285 e. The van der Waals surface area contributed by atoms with E-state index in [1.807, 2.05) is 0 Å². The average Bonchev–Trinajstić information content (AvgIpc) is 3.42. The van der Waals surface area contributed by atoms with Gasteiger partial charge in [-0.15, -0.1) is 0 Å². The number of carbonyl (C=O) groups is 4. The highest BCUT2D eigenvalue weighted by atomic mass is 19.4. The van der Waals surface area contributed by atoms with Crippen LogP contribution in [0.3, 0.4) is 0 Å². The summed E-state index contributed by atoms with van der Waals surface area (Å²) in [6, 6.07) is -1.44. The van der Waals surface area contributed by atoms with Crippen molar-refractivity contribution in [1.82, 2.24) is 9.80 Å². The summed E-state index contributed by atoms with van der Waals surface area (Å²) >= 11 is 0. The zero-order valence-corrected chi connectivity index (χ0v) is 29.0. The van der Waals surface area contributed by atoms with Crippen LogP contribution in [0, 0.1) is 70.5 Å². The highest BCUT2D eigenvalue weighted by Crippen LogP contribution is 2.67. The van der Waals surface area contributed by atoms with Crippen molar-refractivity contribution in [1.29, 1.82) is 0 Å². The lowest BCUT2D eigenvalue weighted by Crippen LogP contribution is -2.61. The largest absolute Gasteiger partial charge is 0.403 e. The van der Waals surface area contributed by atoms with E-state index in [2.05, 4.69) is 0 Å². The first kappa shape index (κ1) is 40.1. The lowest BCUT2D eigenvalue weighted by atomic mass is 9.54. The number of hydrogen-bond donors (Lipinski definition) is 0. The van der Waals surface area contributed by atoms with Crippen LogP contribution in [-0.4, -0.2) is 71.2 Å². The van der Waals surface area contributed by atoms with E-state index in [4.69, 9.17) is 0 Å². The van der Waals surface area contributed by atoms with Gasteiger partial charge in [0.25, 0.3) is 0 Å². The van der Waals surface area contributed by atoms with Crippen LogP contribution < -0.4 is 0 Å². The fourth-order valence-corrected chi connectivity index (χ4v) is 11.7. The number of nitrogens with zero attached hydrogens (tertiary/aromatic N) is 2. The Labute approximate surface area is 297 Å². The van der Waals surface area contributed by atoms with Crippen LogP contribution >= 0.6 is 0 Å². The molecule has 12 atom stereocenters. The highest BCUT2D eigenvalue weighted by Gasteiger charge is 2.78.